The quantitative estimate of drug-likeness (QED) is 0.166. The van der Waals surface area contributed by atoms with Crippen molar-refractivity contribution in [2.45, 2.75) is 12.8 Å². The van der Waals surface area contributed by atoms with Crippen LogP contribution in [0.2, 0.25) is 0 Å². The van der Waals surface area contributed by atoms with Gasteiger partial charge in [0.15, 0.2) is 5.58 Å². The molecule has 0 N–H and O–H groups in total. The lowest BCUT2D eigenvalue weighted by molar-refractivity contribution is 0.666. The Labute approximate surface area is 327 Å². The van der Waals surface area contributed by atoms with E-state index in [1.54, 1.807) is 0 Å². The summed E-state index contributed by atoms with van der Waals surface area (Å²) in [7, 11) is 0. The van der Waals surface area contributed by atoms with E-state index in [9.17, 15) is 0 Å². The first-order valence-corrected chi connectivity index (χ1v) is 19.9. The van der Waals surface area contributed by atoms with Crippen molar-refractivity contribution in [1.29, 1.82) is 0 Å². The van der Waals surface area contributed by atoms with Gasteiger partial charge in [-0.25, -0.2) is 0 Å². The van der Waals surface area contributed by atoms with E-state index in [0.29, 0.717) is 0 Å². The van der Waals surface area contributed by atoms with Gasteiger partial charge in [-0.15, -0.1) is 0 Å². The molecule has 0 bridgehead atoms. The molecule has 0 fully saturated rings. The minimum Gasteiger partial charge on any atom is -0.454 e. The molecule has 57 heavy (non-hydrogen) atoms. The summed E-state index contributed by atoms with van der Waals surface area (Å²) in [4.78, 5) is 0. The summed E-state index contributed by atoms with van der Waals surface area (Å²) in [6.07, 6.45) is 6.80. The van der Waals surface area contributed by atoms with Crippen LogP contribution in [0.1, 0.15) is 17.5 Å². The number of fused-ring (bicyclic) bond motifs is 15. The van der Waals surface area contributed by atoms with Crippen molar-refractivity contribution < 1.29 is 4.42 Å². The van der Waals surface area contributed by atoms with Crippen molar-refractivity contribution in [2.75, 3.05) is 0 Å². The number of aromatic nitrogens is 2. The van der Waals surface area contributed by atoms with Gasteiger partial charge in [0.25, 0.3) is 0 Å². The molecule has 12 aromatic rings. The van der Waals surface area contributed by atoms with E-state index >= 15 is 0 Å². The topological polar surface area (TPSA) is 23.0 Å². The highest BCUT2D eigenvalue weighted by Gasteiger charge is 2.21. The van der Waals surface area contributed by atoms with Crippen LogP contribution in [0.25, 0.3) is 116 Å². The molecule has 0 aliphatic heterocycles. The third-order valence-electron chi connectivity index (χ3n) is 12.6. The zero-order chi connectivity index (χ0) is 37.2. The molecule has 0 atom stereocenters. The van der Waals surface area contributed by atoms with Crippen LogP contribution in [0.5, 0.6) is 0 Å². The Morgan fingerprint density at radius 2 is 1.12 bits per heavy atom. The van der Waals surface area contributed by atoms with Crippen LogP contribution >= 0.6 is 0 Å². The van der Waals surface area contributed by atoms with Crippen LogP contribution in [0.15, 0.2) is 180 Å². The molecule has 0 saturated carbocycles. The van der Waals surface area contributed by atoms with E-state index in [1.165, 1.54) is 82.1 Å². The van der Waals surface area contributed by atoms with Crippen LogP contribution in [-0.2, 0) is 6.42 Å². The number of hydrogen-bond acceptors (Lipinski definition) is 1. The lowest BCUT2D eigenvalue weighted by Gasteiger charge is -2.19. The summed E-state index contributed by atoms with van der Waals surface area (Å²) in [5, 5.41) is 12.6. The molecule has 3 nitrogen and oxygen atoms in total. The predicted molar refractivity (Wildman–Crippen MR) is 240 cm³/mol. The largest absolute Gasteiger partial charge is 0.454 e. The van der Waals surface area contributed by atoms with Gasteiger partial charge in [0.1, 0.15) is 5.58 Å². The van der Waals surface area contributed by atoms with Crippen molar-refractivity contribution in [3.8, 4) is 22.5 Å². The predicted octanol–water partition coefficient (Wildman–Crippen LogP) is 14.7. The Morgan fingerprint density at radius 1 is 0.439 bits per heavy atom. The number of allylic oxidation sites excluding steroid dienone is 1. The zero-order valence-electron chi connectivity index (χ0n) is 31.0. The number of hydrogen-bond donors (Lipinski definition) is 0. The van der Waals surface area contributed by atoms with Crippen molar-refractivity contribution >= 4 is 93.2 Å². The first kappa shape index (κ1) is 30.9. The fourth-order valence-corrected chi connectivity index (χ4v) is 10.2. The maximum absolute atomic E-state index is 6.57. The van der Waals surface area contributed by atoms with Crippen LogP contribution < -0.4 is 0 Å². The van der Waals surface area contributed by atoms with Crippen LogP contribution in [-0.4, -0.2) is 9.13 Å². The Bertz CT molecular complexity index is 3700. The molecule has 1 aliphatic carbocycles. The lowest BCUT2D eigenvalue weighted by Crippen LogP contribution is -2.00. The standard InChI is InChI=1S/C54H34N2O/c1-2-15-38-36(13-1)37-14-3-4-16-39(37)45-32-34(28-29-40(38)45)55-48-23-9-6-19-44(48)53-35(20-11-24-50(53)55)33-27-30-49-46(31-33)41-17-5-8-22-47(41)56(49)51-25-12-21-43-42-18-7-10-26-52(42)57-54(43)51/h1-3,5-15,17-32H,4,16H2. The van der Waals surface area contributed by atoms with Gasteiger partial charge in [0, 0.05) is 38.0 Å². The molecule has 266 valence electrons. The molecule has 1 aliphatic rings. The molecule has 13 rings (SSSR count). The molecule has 0 radical (unpaired) electrons. The third kappa shape index (κ3) is 4.26. The summed E-state index contributed by atoms with van der Waals surface area (Å²) in [5.41, 5.74) is 14.1. The van der Waals surface area contributed by atoms with E-state index in [4.69, 9.17) is 4.42 Å². The van der Waals surface area contributed by atoms with Crippen molar-refractivity contribution in [3.05, 3.63) is 187 Å². The van der Waals surface area contributed by atoms with Gasteiger partial charge in [-0.2, -0.15) is 0 Å². The Morgan fingerprint density at radius 3 is 2.02 bits per heavy atom. The highest BCUT2D eigenvalue weighted by Crippen LogP contribution is 2.44. The maximum Gasteiger partial charge on any atom is 0.159 e. The molecule has 0 spiro atoms. The minimum absolute atomic E-state index is 0.904. The first-order valence-electron chi connectivity index (χ1n) is 19.9. The molecular weight excluding hydrogens is 693 g/mol. The number of aryl methyl sites for hydroxylation is 1. The molecule has 3 heteroatoms. The maximum atomic E-state index is 6.57. The summed E-state index contributed by atoms with van der Waals surface area (Å²) < 4.78 is 11.4. The van der Waals surface area contributed by atoms with E-state index in [2.05, 4.69) is 185 Å². The first-order chi connectivity index (χ1) is 28.3. The van der Waals surface area contributed by atoms with E-state index in [1.807, 2.05) is 6.07 Å². The van der Waals surface area contributed by atoms with Crippen LogP contribution in [0.4, 0.5) is 0 Å². The van der Waals surface area contributed by atoms with Crippen LogP contribution in [0, 0.1) is 0 Å². The molecule has 0 unspecified atom stereocenters. The average Bonchev–Trinajstić information content (AvgIpc) is 3.94. The molecule has 3 heterocycles. The minimum atomic E-state index is 0.904. The average molecular weight is 727 g/mol. The van der Waals surface area contributed by atoms with Gasteiger partial charge in [-0.3, -0.25) is 0 Å². The molecule has 0 amide bonds. The molecule has 9 aromatic carbocycles. The summed E-state index contributed by atoms with van der Waals surface area (Å²) in [6.45, 7) is 0. The number of furan rings is 1. The lowest BCUT2D eigenvalue weighted by atomic mass is 9.86. The molecular formula is C54H34N2O. The summed E-state index contributed by atoms with van der Waals surface area (Å²) in [6, 6.07) is 62.3. The Balaban J connectivity index is 1.04. The smallest absolute Gasteiger partial charge is 0.159 e. The summed E-state index contributed by atoms with van der Waals surface area (Å²) >= 11 is 0. The van der Waals surface area contributed by atoms with Gasteiger partial charge in [-0.05, 0) is 111 Å². The van der Waals surface area contributed by atoms with E-state index < -0.39 is 0 Å². The zero-order valence-corrected chi connectivity index (χ0v) is 31.0. The van der Waals surface area contributed by atoms with E-state index in [0.717, 1.165) is 51.5 Å². The van der Waals surface area contributed by atoms with Crippen LogP contribution in [0.3, 0.4) is 0 Å². The Kier molecular flexibility index (Phi) is 6.28. The normalized spacial score (nSPS) is 13.1. The highest BCUT2D eigenvalue weighted by molar-refractivity contribution is 6.19. The number of para-hydroxylation sites is 4. The molecule has 3 aromatic heterocycles. The van der Waals surface area contributed by atoms with Crippen molar-refractivity contribution in [3.63, 3.8) is 0 Å². The Hall–Kier alpha value is -7.36. The second kappa shape index (κ2) is 11.6. The third-order valence-corrected chi connectivity index (χ3v) is 12.6. The fourth-order valence-electron chi connectivity index (χ4n) is 10.2. The second-order valence-electron chi connectivity index (χ2n) is 15.5. The highest BCUT2D eigenvalue weighted by atomic mass is 16.3. The monoisotopic (exact) mass is 726 g/mol. The van der Waals surface area contributed by atoms with E-state index in [-0.39, 0.29) is 0 Å². The van der Waals surface area contributed by atoms with Gasteiger partial charge in [0.05, 0.1) is 27.8 Å². The number of benzene rings is 9. The van der Waals surface area contributed by atoms with Crippen molar-refractivity contribution in [2.24, 2.45) is 0 Å². The van der Waals surface area contributed by atoms with Gasteiger partial charge in [0.2, 0.25) is 0 Å². The fraction of sp³-hybridized carbons (Fsp3) is 0.0370. The molecule has 0 saturated heterocycles. The number of rotatable bonds is 3. The number of nitrogens with zero attached hydrogens (tertiary/aromatic N) is 2. The summed E-state index contributed by atoms with van der Waals surface area (Å²) in [5.74, 6) is 0. The SMILES string of the molecule is C1=Cc2c(c3cc(-n4c5ccccc5c5c(-c6ccc7c(c6)c6ccccc6n7-c6cccc7c6oc6ccccc67)cccc54)ccc3c3ccccc23)CC1. The van der Waals surface area contributed by atoms with Gasteiger partial charge >= 0.3 is 0 Å². The second-order valence-corrected chi connectivity index (χ2v) is 15.5. The van der Waals surface area contributed by atoms with Gasteiger partial charge < -0.3 is 13.6 Å². The van der Waals surface area contributed by atoms with Gasteiger partial charge in [-0.1, -0.05) is 127 Å². The van der Waals surface area contributed by atoms with Crippen molar-refractivity contribution in [1.82, 2.24) is 9.13 Å².